The maximum atomic E-state index is 11.2. The minimum absolute atomic E-state index is 0.0524. The zero-order chi connectivity index (χ0) is 13.7. The molecule has 3 N–H and O–H groups in total. The summed E-state index contributed by atoms with van der Waals surface area (Å²) < 4.78 is 4.57. The van der Waals surface area contributed by atoms with E-state index < -0.39 is 24.1 Å². The monoisotopic (exact) mass is 254 g/mol. The van der Waals surface area contributed by atoms with Crippen LogP contribution in [0.4, 0.5) is 0 Å². The van der Waals surface area contributed by atoms with Crippen molar-refractivity contribution in [2.24, 2.45) is 0 Å². The number of carboxylic acid groups (broad SMARTS) is 1. The van der Waals surface area contributed by atoms with Crippen LogP contribution < -0.4 is 0 Å². The second kappa shape index (κ2) is 6.13. The van der Waals surface area contributed by atoms with Crippen molar-refractivity contribution in [2.75, 3.05) is 6.61 Å². The highest BCUT2D eigenvalue weighted by molar-refractivity contribution is 5.87. The number of aliphatic hydroxyl groups excluding tert-OH is 2. The molecule has 0 heterocycles. The maximum absolute atomic E-state index is 11.2. The van der Waals surface area contributed by atoms with Gasteiger partial charge in [-0.05, 0) is 24.6 Å². The standard InChI is InChI=1S/C12H14O6/c1-2-18-12(17)10(14)9(13)7-3-5-8(6-4-7)11(15)16/h3-6,9-10,13-14H,2H2,1H3,(H,15,16). The van der Waals surface area contributed by atoms with Crippen LogP contribution in [0.2, 0.25) is 0 Å². The summed E-state index contributed by atoms with van der Waals surface area (Å²) in [6.45, 7) is 1.68. The van der Waals surface area contributed by atoms with Crippen LogP contribution in [0.1, 0.15) is 28.9 Å². The molecule has 98 valence electrons. The second-order valence-corrected chi connectivity index (χ2v) is 3.57. The number of ether oxygens (including phenoxy) is 1. The molecule has 0 amide bonds. The number of rotatable bonds is 5. The minimum Gasteiger partial charge on any atom is -0.478 e. The molecule has 0 bridgehead atoms. The highest BCUT2D eigenvalue weighted by atomic mass is 16.5. The summed E-state index contributed by atoms with van der Waals surface area (Å²) in [6.07, 6.45) is -3.15. The van der Waals surface area contributed by atoms with Crippen LogP contribution in [0.25, 0.3) is 0 Å². The van der Waals surface area contributed by atoms with Crippen molar-refractivity contribution in [2.45, 2.75) is 19.1 Å². The SMILES string of the molecule is CCOC(=O)C(O)C(O)c1ccc(C(=O)O)cc1. The van der Waals surface area contributed by atoms with Gasteiger partial charge >= 0.3 is 11.9 Å². The predicted octanol–water partition coefficient (Wildman–Crippen LogP) is 0.342. The van der Waals surface area contributed by atoms with Crippen LogP contribution >= 0.6 is 0 Å². The summed E-state index contributed by atoms with van der Waals surface area (Å²) in [7, 11) is 0. The van der Waals surface area contributed by atoms with Gasteiger partial charge in [0.05, 0.1) is 12.2 Å². The van der Waals surface area contributed by atoms with Gasteiger partial charge in [0.25, 0.3) is 0 Å². The van der Waals surface area contributed by atoms with Crippen LogP contribution in [0.3, 0.4) is 0 Å². The van der Waals surface area contributed by atoms with E-state index in [2.05, 4.69) is 4.74 Å². The Kier molecular flexibility index (Phi) is 4.82. The number of aliphatic hydroxyl groups is 2. The Hall–Kier alpha value is -1.92. The first-order valence-electron chi connectivity index (χ1n) is 5.33. The fraction of sp³-hybridized carbons (Fsp3) is 0.333. The lowest BCUT2D eigenvalue weighted by atomic mass is 10.0. The largest absolute Gasteiger partial charge is 0.478 e. The fourth-order valence-corrected chi connectivity index (χ4v) is 1.36. The lowest BCUT2D eigenvalue weighted by Gasteiger charge is -2.16. The van der Waals surface area contributed by atoms with E-state index in [4.69, 9.17) is 5.11 Å². The Bertz CT molecular complexity index is 425. The molecule has 0 spiro atoms. The van der Waals surface area contributed by atoms with Gasteiger partial charge in [0.15, 0.2) is 6.10 Å². The summed E-state index contributed by atoms with van der Waals surface area (Å²) in [5.41, 5.74) is 0.289. The zero-order valence-corrected chi connectivity index (χ0v) is 9.74. The second-order valence-electron chi connectivity index (χ2n) is 3.57. The first-order chi connectivity index (χ1) is 8.47. The van der Waals surface area contributed by atoms with Gasteiger partial charge in [0, 0.05) is 0 Å². The van der Waals surface area contributed by atoms with Crippen molar-refractivity contribution in [1.82, 2.24) is 0 Å². The lowest BCUT2D eigenvalue weighted by Crippen LogP contribution is -2.29. The summed E-state index contributed by atoms with van der Waals surface area (Å²) >= 11 is 0. The third-order valence-corrected chi connectivity index (χ3v) is 2.33. The molecule has 1 aromatic rings. The van der Waals surface area contributed by atoms with Crippen LogP contribution in [-0.2, 0) is 9.53 Å². The third-order valence-electron chi connectivity index (χ3n) is 2.33. The average Bonchev–Trinajstić information content (AvgIpc) is 2.37. The third kappa shape index (κ3) is 3.28. The van der Waals surface area contributed by atoms with Gasteiger partial charge in [-0.15, -0.1) is 0 Å². The topological polar surface area (TPSA) is 104 Å². The number of hydrogen-bond donors (Lipinski definition) is 3. The van der Waals surface area contributed by atoms with Gasteiger partial charge < -0.3 is 20.1 Å². The predicted molar refractivity (Wildman–Crippen MR) is 61.0 cm³/mol. The Morgan fingerprint density at radius 3 is 2.22 bits per heavy atom. The van der Waals surface area contributed by atoms with Crippen molar-refractivity contribution in [3.63, 3.8) is 0 Å². The normalized spacial score (nSPS) is 13.7. The van der Waals surface area contributed by atoms with Gasteiger partial charge in [-0.2, -0.15) is 0 Å². The molecule has 6 heteroatoms. The summed E-state index contributed by atoms with van der Waals surface area (Å²) in [6, 6.07) is 5.21. The Morgan fingerprint density at radius 1 is 1.22 bits per heavy atom. The number of hydrogen-bond acceptors (Lipinski definition) is 5. The molecule has 18 heavy (non-hydrogen) atoms. The minimum atomic E-state index is -1.69. The van der Waals surface area contributed by atoms with Crippen LogP contribution in [-0.4, -0.2) is 40.0 Å². The molecule has 6 nitrogen and oxygen atoms in total. The van der Waals surface area contributed by atoms with E-state index in [9.17, 15) is 19.8 Å². The number of benzene rings is 1. The van der Waals surface area contributed by atoms with Crippen LogP contribution in [0, 0.1) is 0 Å². The Morgan fingerprint density at radius 2 is 1.78 bits per heavy atom. The van der Waals surface area contributed by atoms with E-state index >= 15 is 0 Å². The number of carboxylic acids is 1. The van der Waals surface area contributed by atoms with Gasteiger partial charge in [-0.1, -0.05) is 12.1 Å². The number of carbonyl (C=O) groups is 2. The van der Waals surface area contributed by atoms with Gasteiger partial charge in [0.1, 0.15) is 6.10 Å². The molecule has 0 aliphatic heterocycles. The average molecular weight is 254 g/mol. The molecule has 0 saturated heterocycles. The van der Waals surface area contributed by atoms with Crippen LogP contribution in [0.15, 0.2) is 24.3 Å². The lowest BCUT2D eigenvalue weighted by molar-refractivity contribution is -0.159. The molecule has 2 atom stereocenters. The van der Waals surface area contributed by atoms with Gasteiger partial charge in [0.2, 0.25) is 0 Å². The Balaban J connectivity index is 2.80. The summed E-state index contributed by atoms with van der Waals surface area (Å²) in [5, 5.41) is 27.9. The van der Waals surface area contributed by atoms with E-state index in [0.29, 0.717) is 0 Å². The maximum Gasteiger partial charge on any atom is 0.338 e. The van der Waals surface area contributed by atoms with E-state index in [1.165, 1.54) is 24.3 Å². The number of esters is 1. The smallest absolute Gasteiger partial charge is 0.338 e. The molecule has 1 rings (SSSR count). The van der Waals surface area contributed by atoms with Crippen molar-refractivity contribution in [3.8, 4) is 0 Å². The molecule has 0 aromatic heterocycles. The first kappa shape index (κ1) is 14.1. The zero-order valence-electron chi connectivity index (χ0n) is 9.74. The van der Waals surface area contributed by atoms with E-state index in [-0.39, 0.29) is 17.7 Å². The Labute approximate surface area is 103 Å². The number of carbonyl (C=O) groups excluding carboxylic acids is 1. The van der Waals surface area contributed by atoms with Crippen molar-refractivity contribution >= 4 is 11.9 Å². The molecular weight excluding hydrogens is 240 g/mol. The van der Waals surface area contributed by atoms with Gasteiger partial charge in [-0.25, -0.2) is 9.59 Å². The van der Waals surface area contributed by atoms with Gasteiger partial charge in [-0.3, -0.25) is 0 Å². The molecule has 1 aromatic carbocycles. The highest BCUT2D eigenvalue weighted by Gasteiger charge is 2.26. The van der Waals surface area contributed by atoms with Crippen LogP contribution in [0.5, 0.6) is 0 Å². The van der Waals surface area contributed by atoms with E-state index in [1.807, 2.05) is 0 Å². The molecular formula is C12H14O6. The molecule has 0 aliphatic carbocycles. The molecule has 0 saturated carbocycles. The highest BCUT2D eigenvalue weighted by Crippen LogP contribution is 2.18. The fourth-order valence-electron chi connectivity index (χ4n) is 1.36. The molecule has 0 radical (unpaired) electrons. The van der Waals surface area contributed by atoms with Crippen molar-refractivity contribution in [3.05, 3.63) is 35.4 Å². The summed E-state index contributed by atoms with van der Waals surface area (Å²) in [5.74, 6) is -2.02. The quantitative estimate of drug-likeness (QED) is 0.655. The van der Waals surface area contributed by atoms with E-state index in [1.54, 1.807) is 6.92 Å². The molecule has 2 unspecified atom stereocenters. The van der Waals surface area contributed by atoms with Crippen molar-refractivity contribution in [1.29, 1.82) is 0 Å². The summed E-state index contributed by atoms with van der Waals surface area (Å²) in [4.78, 5) is 21.8. The molecule has 0 aliphatic rings. The molecule has 0 fully saturated rings. The first-order valence-corrected chi connectivity index (χ1v) is 5.33. The van der Waals surface area contributed by atoms with E-state index in [0.717, 1.165) is 0 Å². The number of aromatic carboxylic acids is 1. The van der Waals surface area contributed by atoms with Crippen molar-refractivity contribution < 1.29 is 29.6 Å².